The maximum absolute atomic E-state index is 10.8. The Hall–Kier alpha value is -1.27. The molecule has 5 nitrogen and oxygen atoms in total. The number of hydrogen-bond donors (Lipinski definition) is 1. The second kappa shape index (κ2) is 6.25. The highest BCUT2D eigenvalue weighted by Crippen LogP contribution is 2.31. The number of nitrogens with zero attached hydrogens (tertiary/aromatic N) is 1. The summed E-state index contributed by atoms with van der Waals surface area (Å²) >= 11 is 1.86. The van der Waals surface area contributed by atoms with Gasteiger partial charge in [-0.05, 0) is 25.0 Å². The van der Waals surface area contributed by atoms with Gasteiger partial charge in [-0.2, -0.15) is 11.8 Å². The molecular formula is C13H18N2O3S. The van der Waals surface area contributed by atoms with E-state index in [0.29, 0.717) is 17.0 Å². The van der Waals surface area contributed by atoms with Crippen molar-refractivity contribution in [2.75, 3.05) is 19.0 Å². The summed E-state index contributed by atoms with van der Waals surface area (Å²) in [5.74, 6) is 0.852. The van der Waals surface area contributed by atoms with Gasteiger partial charge in [-0.1, -0.05) is 6.07 Å². The topological polar surface area (TPSA) is 64.4 Å². The van der Waals surface area contributed by atoms with E-state index in [1.807, 2.05) is 23.9 Å². The first-order valence-corrected chi connectivity index (χ1v) is 7.35. The first-order valence-electron chi connectivity index (χ1n) is 6.30. The Labute approximate surface area is 116 Å². The van der Waals surface area contributed by atoms with Crippen LogP contribution in [0, 0.1) is 10.1 Å². The predicted molar refractivity (Wildman–Crippen MR) is 77.8 cm³/mol. The second-order valence-corrected chi connectivity index (χ2v) is 5.80. The zero-order chi connectivity index (χ0) is 13.8. The summed E-state index contributed by atoms with van der Waals surface area (Å²) in [7, 11) is 1.70. The third-order valence-electron chi connectivity index (χ3n) is 3.30. The summed E-state index contributed by atoms with van der Waals surface area (Å²) < 4.78 is 5.53. The number of nitro benzene ring substituents is 1. The lowest BCUT2D eigenvalue weighted by molar-refractivity contribution is -0.383. The average molecular weight is 282 g/mol. The molecule has 2 atom stereocenters. The number of ether oxygens (including phenoxy) is 1. The molecule has 1 aromatic rings. The van der Waals surface area contributed by atoms with Gasteiger partial charge in [0.15, 0.2) is 0 Å². The standard InChI is InChI=1S/C13H18N2O3S/c1-9-13(5-6-18-9)19-8-10-3-4-12(15(16)17)11(7-10)14-2/h3-4,7,9,13-14H,5-6,8H2,1-2H3. The largest absolute Gasteiger partial charge is 0.383 e. The number of benzene rings is 1. The van der Waals surface area contributed by atoms with E-state index >= 15 is 0 Å². The van der Waals surface area contributed by atoms with Crippen molar-refractivity contribution in [3.63, 3.8) is 0 Å². The molecule has 1 heterocycles. The second-order valence-electron chi connectivity index (χ2n) is 4.57. The number of anilines is 1. The summed E-state index contributed by atoms with van der Waals surface area (Å²) in [6.45, 7) is 2.93. The molecule has 0 aromatic heterocycles. The van der Waals surface area contributed by atoms with Crippen LogP contribution in [0.5, 0.6) is 0 Å². The summed E-state index contributed by atoms with van der Waals surface area (Å²) in [5.41, 5.74) is 1.78. The fourth-order valence-electron chi connectivity index (χ4n) is 2.17. The van der Waals surface area contributed by atoms with E-state index in [4.69, 9.17) is 4.74 Å². The zero-order valence-corrected chi connectivity index (χ0v) is 11.9. The van der Waals surface area contributed by atoms with Gasteiger partial charge in [0.05, 0.1) is 11.0 Å². The first-order chi connectivity index (χ1) is 9.11. The van der Waals surface area contributed by atoms with Crippen LogP contribution in [0.1, 0.15) is 18.9 Å². The van der Waals surface area contributed by atoms with Crippen LogP contribution >= 0.6 is 11.8 Å². The summed E-state index contributed by atoms with van der Waals surface area (Å²) in [6, 6.07) is 5.24. The number of nitrogens with one attached hydrogen (secondary N) is 1. The van der Waals surface area contributed by atoms with Crippen molar-refractivity contribution in [1.82, 2.24) is 0 Å². The summed E-state index contributed by atoms with van der Waals surface area (Å²) in [4.78, 5) is 10.5. The van der Waals surface area contributed by atoms with Crippen LogP contribution < -0.4 is 5.32 Å². The number of thioether (sulfide) groups is 1. The van der Waals surface area contributed by atoms with E-state index < -0.39 is 0 Å². The predicted octanol–water partition coefficient (Wildman–Crippen LogP) is 3.05. The van der Waals surface area contributed by atoms with Gasteiger partial charge in [-0.25, -0.2) is 0 Å². The van der Waals surface area contributed by atoms with Crippen LogP contribution in [0.4, 0.5) is 11.4 Å². The molecule has 0 saturated carbocycles. The minimum Gasteiger partial charge on any atom is -0.383 e. The lowest BCUT2D eigenvalue weighted by atomic mass is 10.2. The average Bonchev–Trinajstić information content (AvgIpc) is 2.81. The van der Waals surface area contributed by atoms with Gasteiger partial charge in [-0.15, -0.1) is 0 Å². The molecule has 0 radical (unpaired) electrons. The van der Waals surface area contributed by atoms with Crippen molar-refractivity contribution in [2.24, 2.45) is 0 Å². The van der Waals surface area contributed by atoms with Crippen molar-refractivity contribution in [2.45, 2.75) is 30.5 Å². The van der Waals surface area contributed by atoms with Crippen LogP contribution in [0.2, 0.25) is 0 Å². The van der Waals surface area contributed by atoms with Crippen molar-refractivity contribution in [3.05, 3.63) is 33.9 Å². The molecule has 6 heteroatoms. The quantitative estimate of drug-likeness (QED) is 0.664. The molecular weight excluding hydrogens is 264 g/mol. The lowest BCUT2D eigenvalue weighted by Crippen LogP contribution is -2.13. The van der Waals surface area contributed by atoms with Gasteiger partial charge < -0.3 is 10.1 Å². The van der Waals surface area contributed by atoms with E-state index in [1.165, 1.54) is 0 Å². The third kappa shape index (κ3) is 3.39. The Bertz CT molecular complexity index is 467. The molecule has 0 aliphatic carbocycles. The van der Waals surface area contributed by atoms with Crippen molar-refractivity contribution in [1.29, 1.82) is 0 Å². The maximum atomic E-state index is 10.8. The van der Waals surface area contributed by atoms with Crippen LogP contribution in [-0.2, 0) is 10.5 Å². The van der Waals surface area contributed by atoms with E-state index in [2.05, 4.69) is 12.2 Å². The molecule has 1 aliphatic rings. The fourth-order valence-corrected chi connectivity index (χ4v) is 3.37. The Morgan fingerprint density at radius 2 is 2.37 bits per heavy atom. The van der Waals surface area contributed by atoms with Crippen molar-refractivity contribution < 1.29 is 9.66 Å². The highest BCUT2D eigenvalue weighted by atomic mass is 32.2. The number of hydrogen-bond acceptors (Lipinski definition) is 5. The fraction of sp³-hybridized carbons (Fsp3) is 0.538. The van der Waals surface area contributed by atoms with E-state index in [1.54, 1.807) is 13.1 Å². The minimum atomic E-state index is -0.365. The molecule has 1 aromatic carbocycles. The monoisotopic (exact) mass is 282 g/mol. The van der Waals surface area contributed by atoms with Gasteiger partial charge >= 0.3 is 0 Å². The van der Waals surface area contributed by atoms with Gasteiger partial charge in [0.2, 0.25) is 0 Å². The Kier molecular flexibility index (Phi) is 4.66. The van der Waals surface area contributed by atoms with Crippen LogP contribution in [-0.4, -0.2) is 29.9 Å². The first kappa shape index (κ1) is 14.1. The molecule has 0 amide bonds. The van der Waals surface area contributed by atoms with Gasteiger partial charge in [0, 0.05) is 30.7 Å². The molecule has 2 rings (SSSR count). The maximum Gasteiger partial charge on any atom is 0.292 e. The van der Waals surface area contributed by atoms with E-state index in [9.17, 15) is 10.1 Å². The van der Waals surface area contributed by atoms with Crippen molar-refractivity contribution in [3.8, 4) is 0 Å². The van der Waals surface area contributed by atoms with Crippen LogP contribution in [0.15, 0.2) is 18.2 Å². The number of nitro groups is 1. The number of rotatable bonds is 5. The molecule has 1 N–H and O–H groups in total. The molecule has 1 saturated heterocycles. The smallest absolute Gasteiger partial charge is 0.292 e. The highest BCUT2D eigenvalue weighted by molar-refractivity contribution is 7.99. The van der Waals surface area contributed by atoms with Crippen LogP contribution in [0.25, 0.3) is 0 Å². The summed E-state index contributed by atoms with van der Waals surface area (Å²) in [6.07, 6.45) is 1.38. The Morgan fingerprint density at radius 1 is 1.58 bits per heavy atom. The van der Waals surface area contributed by atoms with Crippen molar-refractivity contribution >= 4 is 23.1 Å². The van der Waals surface area contributed by atoms with Crippen LogP contribution in [0.3, 0.4) is 0 Å². The highest BCUT2D eigenvalue weighted by Gasteiger charge is 2.24. The van der Waals surface area contributed by atoms with Gasteiger partial charge in [0.25, 0.3) is 5.69 Å². The van der Waals surface area contributed by atoms with Gasteiger partial charge in [0.1, 0.15) is 5.69 Å². The molecule has 1 fully saturated rings. The Balaban J connectivity index is 2.02. The molecule has 2 unspecified atom stereocenters. The van der Waals surface area contributed by atoms with E-state index in [-0.39, 0.29) is 10.6 Å². The minimum absolute atomic E-state index is 0.119. The normalized spacial score (nSPS) is 22.4. The summed E-state index contributed by atoms with van der Waals surface area (Å²) in [5, 5.41) is 14.2. The molecule has 0 bridgehead atoms. The Morgan fingerprint density at radius 3 is 2.95 bits per heavy atom. The lowest BCUT2D eigenvalue weighted by Gasteiger charge is -2.13. The SMILES string of the molecule is CNc1cc(CSC2CCOC2C)ccc1[N+](=O)[O-]. The third-order valence-corrected chi connectivity index (χ3v) is 4.84. The molecule has 0 spiro atoms. The molecule has 1 aliphatic heterocycles. The molecule has 19 heavy (non-hydrogen) atoms. The zero-order valence-electron chi connectivity index (χ0n) is 11.1. The van der Waals surface area contributed by atoms with E-state index in [0.717, 1.165) is 24.3 Å². The van der Waals surface area contributed by atoms with Gasteiger partial charge in [-0.3, -0.25) is 10.1 Å². The molecule has 104 valence electrons.